The van der Waals surface area contributed by atoms with E-state index in [0.29, 0.717) is 30.2 Å². The van der Waals surface area contributed by atoms with Crippen molar-refractivity contribution in [2.75, 3.05) is 30.4 Å². The number of carbonyl (C=O) groups is 4. The molecule has 0 radical (unpaired) electrons. The van der Waals surface area contributed by atoms with E-state index in [1.165, 1.54) is 23.5 Å². The Balaban J connectivity index is 1.37. The first-order valence-corrected chi connectivity index (χ1v) is 16.0. The molecule has 1 saturated heterocycles. The number of ether oxygens (including phenoxy) is 1. The number of nitrogen functional groups attached to an aromatic ring is 1. The lowest BCUT2D eigenvalue weighted by Crippen LogP contribution is -2.71. The number of oxime groups is 1. The van der Waals surface area contributed by atoms with Crippen LogP contribution in [-0.2, 0) is 30.5 Å². The Kier molecular flexibility index (Phi) is 10.8. The van der Waals surface area contributed by atoms with Gasteiger partial charge in [0.2, 0.25) is 16.7 Å². The fraction of sp³-hybridized carbons (Fsp3) is 0.500. The maximum atomic E-state index is 13.1. The maximum absolute atomic E-state index is 13.1. The summed E-state index contributed by atoms with van der Waals surface area (Å²) in [5.41, 5.74) is 5.00. The van der Waals surface area contributed by atoms with Gasteiger partial charge in [0, 0.05) is 36.1 Å². The second-order valence-electron chi connectivity index (χ2n) is 10.2. The van der Waals surface area contributed by atoms with E-state index in [9.17, 15) is 24.3 Å². The van der Waals surface area contributed by atoms with Crippen molar-refractivity contribution in [3.05, 3.63) is 17.1 Å². The fourth-order valence-corrected chi connectivity index (χ4v) is 6.80. The number of hydrogen-bond donors (Lipinski definition) is 4. The smallest absolute Gasteiger partial charge is 0.407 e. The number of nitrogens with zero attached hydrogens (tertiary/aromatic N) is 8. The van der Waals surface area contributed by atoms with E-state index in [0.717, 1.165) is 16.4 Å². The van der Waals surface area contributed by atoms with E-state index in [1.807, 2.05) is 0 Å². The van der Waals surface area contributed by atoms with Crippen LogP contribution in [0.3, 0.4) is 0 Å². The van der Waals surface area contributed by atoms with E-state index in [1.54, 1.807) is 25.5 Å². The molecule has 4 rings (SSSR count). The van der Waals surface area contributed by atoms with Gasteiger partial charge in [0.1, 0.15) is 22.7 Å². The van der Waals surface area contributed by atoms with E-state index in [4.69, 9.17) is 21.7 Å². The maximum Gasteiger partial charge on any atom is 0.407 e. The minimum Gasteiger partial charge on any atom is -0.477 e. The minimum absolute atomic E-state index is 0.0852. The number of terminal acetylenes is 1. The average molecular weight is 680 g/mol. The van der Waals surface area contributed by atoms with Crippen LogP contribution < -0.4 is 16.4 Å². The first-order chi connectivity index (χ1) is 21.4. The molecule has 4 heterocycles. The summed E-state index contributed by atoms with van der Waals surface area (Å²) in [7, 11) is 0. The number of β-lactam (4-membered cyclic amide) rings is 1. The van der Waals surface area contributed by atoms with Gasteiger partial charge in [-0.25, -0.2) is 14.3 Å². The second kappa shape index (κ2) is 14.6. The third-order valence-electron chi connectivity index (χ3n) is 5.80. The molecule has 2 atom stereocenters. The summed E-state index contributed by atoms with van der Waals surface area (Å²) in [5.74, 6) is -0.157. The van der Waals surface area contributed by atoms with E-state index in [2.05, 4.69) is 46.6 Å². The number of alkyl carbamates (subject to hydrolysis) is 1. The summed E-state index contributed by atoms with van der Waals surface area (Å²) in [5, 5.41) is 30.5. The number of carbonyl (C=O) groups excluding carboxylic acids is 3. The van der Waals surface area contributed by atoms with Crippen molar-refractivity contribution >= 4 is 69.8 Å². The fourth-order valence-electron chi connectivity index (χ4n) is 3.98. The number of nitrogens with one attached hydrogen (secondary N) is 2. The minimum atomic E-state index is -1.28. The summed E-state index contributed by atoms with van der Waals surface area (Å²) in [4.78, 5) is 60.3. The van der Waals surface area contributed by atoms with Crippen molar-refractivity contribution in [3.63, 3.8) is 0 Å². The molecule has 45 heavy (non-hydrogen) atoms. The van der Waals surface area contributed by atoms with Crippen molar-refractivity contribution in [2.24, 2.45) is 5.16 Å². The number of anilines is 1. The SMILES string of the molecule is C#CCON=C(C(=O)NC1C(=O)N2C(C(=O)O)=C(CSc3nnnn3CCCNC(=O)OC(C)(C)C)CS[C@H]12)c1nsc(N)n1. The normalized spacial score (nSPS) is 18.0. The lowest BCUT2D eigenvalue weighted by atomic mass is 10.0. The molecule has 2 aliphatic rings. The quantitative estimate of drug-likeness (QED) is 0.0540. The lowest BCUT2D eigenvalue weighted by molar-refractivity contribution is -0.150. The number of rotatable bonds is 13. The number of aliphatic carboxylic acids is 1. The summed E-state index contributed by atoms with van der Waals surface area (Å²) in [6.07, 6.45) is 5.15. The monoisotopic (exact) mass is 679 g/mol. The van der Waals surface area contributed by atoms with Gasteiger partial charge in [0.05, 0.1) is 0 Å². The van der Waals surface area contributed by atoms with Gasteiger partial charge in [-0.1, -0.05) is 22.8 Å². The number of nitrogens with two attached hydrogens (primary N) is 1. The van der Waals surface area contributed by atoms with E-state index in [-0.39, 0.29) is 40.5 Å². The first-order valence-electron chi connectivity index (χ1n) is 13.2. The van der Waals surface area contributed by atoms with E-state index < -0.39 is 40.9 Å². The molecule has 0 spiro atoms. The number of hydrogen-bond acceptors (Lipinski definition) is 16. The first kappa shape index (κ1) is 33.5. The molecule has 21 heteroatoms. The van der Waals surface area contributed by atoms with Gasteiger partial charge in [-0.2, -0.15) is 9.36 Å². The topological polar surface area (TPSA) is 242 Å². The number of amides is 3. The van der Waals surface area contributed by atoms with Crippen molar-refractivity contribution in [1.82, 2.24) is 45.1 Å². The highest BCUT2D eigenvalue weighted by molar-refractivity contribution is 8.01. The number of tetrazole rings is 1. The van der Waals surface area contributed by atoms with Crippen LogP contribution in [0.15, 0.2) is 21.6 Å². The zero-order valence-corrected chi connectivity index (χ0v) is 26.7. The van der Waals surface area contributed by atoms with Gasteiger partial charge in [0.25, 0.3) is 11.8 Å². The molecule has 1 fully saturated rings. The predicted molar refractivity (Wildman–Crippen MR) is 163 cm³/mol. The van der Waals surface area contributed by atoms with Crippen molar-refractivity contribution < 1.29 is 33.9 Å². The van der Waals surface area contributed by atoms with Gasteiger partial charge in [-0.3, -0.25) is 14.5 Å². The van der Waals surface area contributed by atoms with Crippen LogP contribution in [0, 0.1) is 12.3 Å². The lowest BCUT2D eigenvalue weighted by Gasteiger charge is -2.49. The number of aromatic nitrogens is 6. The number of aryl methyl sites for hydroxylation is 1. The Morgan fingerprint density at radius 2 is 2.11 bits per heavy atom. The second-order valence-corrected chi connectivity index (χ2v) is 13.1. The molecule has 3 amide bonds. The number of thioether (sulfide) groups is 2. The molecule has 0 aromatic carbocycles. The zero-order valence-electron chi connectivity index (χ0n) is 24.3. The van der Waals surface area contributed by atoms with Gasteiger partial charge in [-0.05, 0) is 43.2 Å². The van der Waals surface area contributed by atoms with Crippen LogP contribution in [0.1, 0.15) is 33.0 Å². The highest BCUT2D eigenvalue weighted by Gasteiger charge is 2.54. The molecule has 0 bridgehead atoms. The molecular weight excluding hydrogens is 651 g/mol. The van der Waals surface area contributed by atoms with Crippen LogP contribution in [0.25, 0.3) is 0 Å². The molecular formula is C24H29N11O7S3. The third kappa shape index (κ3) is 8.40. The summed E-state index contributed by atoms with van der Waals surface area (Å²) in [6, 6.07) is -1.04. The van der Waals surface area contributed by atoms with Crippen LogP contribution >= 0.6 is 35.1 Å². The van der Waals surface area contributed by atoms with Crippen LogP contribution in [-0.4, -0.2) is 111 Å². The molecule has 0 saturated carbocycles. The third-order valence-corrected chi connectivity index (χ3v) is 8.72. The Bertz CT molecular complexity index is 1560. The van der Waals surface area contributed by atoms with E-state index >= 15 is 0 Å². The van der Waals surface area contributed by atoms with Crippen LogP contribution in [0.2, 0.25) is 0 Å². The Morgan fingerprint density at radius 3 is 2.78 bits per heavy atom. The Morgan fingerprint density at radius 1 is 1.33 bits per heavy atom. The summed E-state index contributed by atoms with van der Waals surface area (Å²) in [6.45, 7) is 5.81. The van der Waals surface area contributed by atoms with Gasteiger partial charge < -0.3 is 31.0 Å². The Labute approximate surface area is 269 Å². The van der Waals surface area contributed by atoms with Gasteiger partial charge in [0.15, 0.2) is 11.7 Å². The molecule has 2 aromatic rings. The highest BCUT2D eigenvalue weighted by Crippen LogP contribution is 2.41. The van der Waals surface area contributed by atoms with Crippen molar-refractivity contribution in [3.8, 4) is 12.3 Å². The number of fused-ring (bicyclic) bond motifs is 1. The molecule has 18 nitrogen and oxygen atoms in total. The standard InChI is InChI=1S/C24H29N11O7S3/c1-5-9-41-30-13(16-28-21(25)45-31-16)17(36)27-14-18(37)35-15(20(38)39)12(10-43-19(14)35)11-44-22-29-32-33-34(22)8-6-7-26-23(40)42-24(2,3)4/h1,14,19H,6-11H2,2-4H3,(H,26,40)(H,27,36)(H,38,39)(H2,25,28,31)/t14?,19-/m1/s1. The highest BCUT2D eigenvalue weighted by atomic mass is 32.2. The van der Waals surface area contributed by atoms with Crippen LogP contribution in [0.5, 0.6) is 0 Å². The average Bonchev–Trinajstić information content (AvgIpc) is 3.61. The molecule has 1 unspecified atom stereocenters. The molecule has 0 aliphatic carbocycles. The largest absolute Gasteiger partial charge is 0.477 e. The Hall–Kier alpha value is -4.42. The number of carboxylic acid groups (broad SMARTS) is 1. The van der Waals surface area contributed by atoms with Crippen molar-refractivity contribution in [1.29, 1.82) is 0 Å². The predicted octanol–water partition coefficient (Wildman–Crippen LogP) is -0.0936. The zero-order chi connectivity index (χ0) is 32.7. The molecule has 5 N–H and O–H groups in total. The van der Waals surface area contributed by atoms with Crippen molar-refractivity contribution in [2.45, 2.75) is 55.9 Å². The van der Waals surface area contributed by atoms with Crippen LogP contribution in [0.4, 0.5) is 9.93 Å². The summed E-state index contributed by atoms with van der Waals surface area (Å²) >= 11 is 3.34. The summed E-state index contributed by atoms with van der Waals surface area (Å²) < 4.78 is 10.7. The molecule has 2 aliphatic heterocycles. The molecule has 2 aromatic heterocycles. The molecule has 240 valence electrons. The van der Waals surface area contributed by atoms with Gasteiger partial charge in [-0.15, -0.1) is 23.3 Å². The number of carboxylic acids is 1. The van der Waals surface area contributed by atoms with Gasteiger partial charge >= 0.3 is 12.1 Å².